The Labute approximate surface area is 169 Å². The molecule has 6 heteroatoms. The smallest absolute Gasteiger partial charge is 0.410 e. The summed E-state index contributed by atoms with van der Waals surface area (Å²) in [7, 11) is 0. The molecule has 0 aromatic heterocycles. The molecule has 4 heterocycles. The van der Waals surface area contributed by atoms with Crippen molar-refractivity contribution in [3.05, 3.63) is 71.0 Å². The van der Waals surface area contributed by atoms with Gasteiger partial charge in [0.1, 0.15) is 11.9 Å². The van der Waals surface area contributed by atoms with Gasteiger partial charge in [-0.2, -0.15) is 0 Å². The summed E-state index contributed by atoms with van der Waals surface area (Å²) in [6.07, 6.45) is 1.48. The molecule has 2 aromatic rings. The lowest BCUT2D eigenvalue weighted by atomic mass is 9.85. The monoisotopic (exact) mass is 394 g/mol. The van der Waals surface area contributed by atoms with Gasteiger partial charge < -0.3 is 9.64 Å². The van der Waals surface area contributed by atoms with Gasteiger partial charge in [-0.15, -0.1) is 0 Å². The quantitative estimate of drug-likeness (QED) is 0.783. The lowest BCUT2D eigenvalue weighted by Gasteiger charge is -2.45. The molecule has 2 aromatic carbocycles. The zero-order chi connectivity index (χ0) is 20.0. The second kappa shape index (κ2) is 7.17. The number of amides is 2. The maximum atomic E-state index is 13.5. The predicted octanol–water partition coefficient (Wildman–Crippen LogP) is 3.53. The lowest BCUT2D eigenvalue weighted by molar-refractivity contribution is -0.147. The number of nitrogens with zero attached hydrogens (tertiary/aromatic N) is 2. The van der Waals surface area contributed by atoms with Crippen LogP contribution in [0.4, 0.5) is 9.18 Å². The molecule has 2 bridgehead atoms. The molecule has 2 amide bonds. The van der Waals surface area contributed by atoms with Gasteiger partial charge in [0, 0.05) is 25.4 Å². The zero-order valence-electron chi connectivity index (χ0n) is 16.1. The number of fused-ring (bicyclic) bond motifs is 4. The van der Waals surface area contributed by atoms with Crippen molar-refractivity contribution in [2.24, 2.45) is 5.92 Å². The number of hydrogen-bond acceptors (Lipinski definition) is 3. The van der Waals surface area contributed by atoms with Crippen molar-refractivity contribution in [2.75, 3.05) is 19.6 Å². The largest absolute Gasteiger partial charge is 0.444 e. The summed E-state index contributed by atoms with van der Waals surface area (Å²) < 4.78 is 19.4. The van der Waals surface area contributed by atoms with Gasteiger partial charge in [0.05, 0.1) is 12.6 Å². The minimum Gasteiger partial charge on any atom is -0.444 e. The van der Waals surface area contributed by atoms with Crippen molar-refractivity contribution < 1.29 is 18.7 Å². The molecule has 6 rings (SSSR count). The van der Waals surface area contributed by atoms with Crippen molar-refractivity contribution in [1.82, 2.24) is 9.80 Å². The van der Waals surface area contributed by atoms with Crippen molar-refractivity contribution in [2.45, 2.75) is 31.4 Å². The molecule has 5 nitrogen and oxygen atoms in total. The van der Waals surface area contributed by atoms with E-state index in [-0.39, 0.29) is 35.9 Å². The highest BCUT2D eigenvalue weighted by Crippen LogP contribution is 2.37. The van der Waals surface area contributed by atoms with Gasteiger partial charge in [-0.05, 0) is 41.7 Å². The molecule has 3 saturated heterocycles. The summed E-state index contributed by atoms with van der Waals surface area (Å²) in [5, 5.41) is 0. The first-order valence-electron chi connectivity index (χ1n) is 10.2. The Hall–Kier alpha value is -2.89. The van der Waals surface area contributed by atoms with E-state index < -0.39 is 0 Å². The first-order valence-corrected chi connectivity index (χ1v) is 10.2. The summed E-state index contributed by atoms with van der Waals surface area (Å²) in [6.45, 7) is 1.78. The van der Waals surface area contributed by atoms with E-state index >= 15 is 0 Å². The number of rotatable bonds is 2. The van der Waals surface area contributed by atoms with E-state index in [1.165, 1.54) is 17.7 Å². The number of ether oxygens (including phenoxy) is 1. The molecule has 4 aliphatic heterocycles. The van der Waals surface area contributed by atoms with Crippen LogP contribution in [-0.2, 0) is 16.0 Å². The highest BCUT2D eigenvalue weighted by molar-refractivity contribution is 5.78. The van der Waals surface area contributed by atoms with Gasteiger partial charge in [0.15, 0.2) is 0 Å². The fraction of sp³-hybridized carbons (Fsp3) is 0.391. The Morgan fingerprint density at radius 3 is 2.59 bits per heavy atom. The van der Waals surface area contributed by atoms with Crippen molar-refractivity contribution in [1.29, 1.82) is 0 Å². The number of benzene rings is 2. The number of carbonyl (C=O) groups is 2. The summed E-state index contributed by atoms with van der Waals surface area (Å²) >= 11 is 0. The van der Waals surface area contributed by atoms with Crippen LogP contribution < -0.4 is 0 Å². The minimum absolute atomic E-state index is 0.109. The molecule has 3 fully saturated rings. The molecule has 0 spiro atoms. The van der Waals surface area contributed by atoms with E-state index in [0.717, 1.165) is 30.5 Å². The predicted molar refractivity (Wildman–Crippen MR) is 105 cm³/mol. The van der Waals surface area contributed by atoms with Crippen LogP contribution in [0.15, 0.2) is 48.5 Å². The Morgan fingerprint density at radius 2 is 1.86 bits per heavy atom. The van der Waals surface area contributed by atoms with E-state index in [1.807, 2.05) is 18.2 Å². The summed E-state index contributed by atoms with van der Waals surface area (Å²) in [6, 6.07) is 14.1. The Bertz CT molecular complexity index is 945. The average Bonchev–Trinajstić information content (AvgIpc) is 2.74. The summed E-state index contributed by atoms with van der Waals surface area (Å²) in [4.78, 5) is 28.7. The number of piperidine rings is 3. The molecule has 29 heavy (non-hydrogen) atoms. The molecule has 4 aliphatic rings. The Balaban J connectivity index is 1.43. The maximum absolute atomic E-state index is 13.5. The highest BCUT2D eigenvalue weighted by atomic mass is 19.1. The zero-order valence-corrected chi connectivity index (χ0v) is 16.1. The minimum atomic E-state index is -0.361. The third-order valence-corrected chi connectivity index (χ3v) is 6.44. The number of carbonyl (C=O) groups excluding carboxylic acids is 2. The molecule has 0 N–H and O–H groups in total. The van der Waals surface area contributed by atoms with Crippen LogP contribution in [-0.4, -0.2) is 47.5 Å². The van der Waals surface area contributed by atoms with Crippen LogP contribution in [0.5, 0.6) is 0 Å². The fourth-order valence-corrected chi connectivity index (χ4v) is 4.88. The van der Waals surface area contributed by atoms with E-state index in [1.54, 1.807) is 21.9 Å². The molecule has 2 unspecified atom stereocenters. The lowest BCUT2D eigenvalue weighted by Crippen LogP contribution is -2.56. The second-order valence-electron chi connectivity index (χ2n) is 8.11. The van der Waals surface area contributed by atoms with Gasteiger partial charge in [0.2, 0.25) is 5.91 Å². The standard InChI is InChI=1S/C23H23FN2O3/c24-18-7-5-16(6-8-18)22-19-4-2-1-3-15(19)10-12-26(22)23(28)29-20-14-25-11-9-17(20)13-21(25)27/h1-8,17,20,22H,9-14H2/t17?,20?,22-/m0/s1. The molecule has 0 saturated carbocycles. The Kier molecular flexibility index (Phi) is 4.49. The number of hydrogen-bond donors (Lipinski definition) is 0. The summed E-state index contributed by atoms with van der Waals surface area (Å²) in [5.74, 6) is -0.0358. The van der Waals surface area contributed by atoms with E-state index in [9.17, 15) is 14.0 Å². The molecule has 0 radical (unpaired) electrons. The maximum Gasteiger partial charge on any atom is 0.410 e. The van der Waals surface area contributed by atoms with Crippen LogP contribution in [0.2, 0.25) is 0 Å². The van der Waals surface area contributed by atoms with Crippen molar-refractivity contribution in [3.63, 3.8) is 0 Å². The molecule has 150 valence electrons. The van der Waals surface area contributed by atoms with Gasteiger partial charge in [-0.1, -0.05) is 36.4 Å². The van der Waals surface area contributed by atoms with Gasteiger partial charge in [0.25, 0.3) is 0 Å². The topological polar surface area (TPSA) is 49.9 Å². The van der Waals surface area contributed by atoms with Crippen LogP contribution in [0.1, 0.15) is 35.6 Å². The number of halogens is 1. The normalized spacial score (nSPS) is 25.7. The summed E-state index contributed by atoms with van der Waals surface area (Å²) in [5.41, 5.74) is 3.10. The van der Waals surface area contributed by atoms with E-state index in [0.29, 0.717) is 19.5 Å². The van der Waals surface area contributed by atoms with Gasteiger partial charge in [-0.3, -0.25) is 9.69 Å². The van der Waals surface area contributed by atoms with Crippen molar-refractivity contribution in [3.8, 4) is 0 Å². The van der Waals surface area contributed by atoms with Gasteiger partial charge >= 0.3 is 6.09 Å². The van der Waals surface area contributed by atoms with Gasteiger partial charge in [-0.25, -0.2) is 9.18 Å². The fourth-order valence-electron chi connectivity index (χ4n) is 4.88. The second-order valence-corrected chi connectivity index (χ2v) is 8.11. The van der Waals surface area contributed by atoms with Crippen LogP contribution in [0.3, 0.4) is 0 Å². The molecule has 3 atom stereocenters. The highest BCUT2D eigenvalue weighted by Gasteiger charge is 2.42. The first-order chi connectivity index (χ1) is 14.1. The third-order valence-electron chi connectivity index (χ3n) is 6.44. The van der Waals surface area contributed by atoms with Crippen molar-refractivity contribution >= 4 is 12.0 Å². The SMILES string of the molecule is O=C1CC2CCN1CC2OC(=O)N1CCc2ccccc2[C@@H]1c1ccc(F)cc1. The van der Waals surface area contributed by atoms with E-state index in [2.05, 4.69) is 6.07 Å². The Morgan fingerprint density at radius 1 is 1.07 bits per heavy atom. The molecule has 0 aliphatic carbocycles. The third kappa shape index (κ3) is 3.26. The average molecular weight is 394 g/mol. The molecular weight excluding hydrogens is 371 g/mol. The molecular formula is C23H23FN2O3. The van der Waals surface area contributed by atoms with Crippen LogP contribution in [0.25, 0.3) is 0 Å². The first kappa shape index (κ1) is 18.2. The van der Waals surface area contributed by atoms with E-state index in [4.69, 9.17) is 4.74 Å². The van der Waals surface area contributed by atoms with Crippen LogP contribution in [0, 0.1) is 11.7 Å². The van der Waals surface area contributed by atoms with Crippen LogP contribution >= 0.6 is 0 Å².